The van der Waals surface area contributed by atoms with Crippen molar-refractivity contribution in [1.82, 2.24) is 0 Å². The molecule has 1 aliphatic rings. The topological polar surface area (TPSA) is 29.5 Å². The first kappa shape index (κ1) is 9.01. The summed E-state index contributed by atoms with van der Waals surface area (Å²) in [6, 6.07) is 0. The van der Waals surface area contributed by atoms with Crippen molar-refractivity contribution < 1.29 is 9.84 Å². The molecule has 0 spiro atoms. The van der Waals surface area contributed by atoms with Gasteiger partial charge in [-0.1, -0.05) is 13.3 Å². The van der Waals surface area contributed by atoms with Gasteiger partial charge in [-0.2, -0.15) is 0 Å². The molecule has 2 unspecified atom stereocenters. The van der Waals surface area contributed by atoms with Crippen molar-refractivity contribution in [1.29, 1.82) is 0 Å². The van der Waals surface area contributed by atoms with Crippen LogP contribution >= 0.6 is 0 Å². The Balaban J connectivity index is 2.14. The summed E-state index contributed by atoms with van der Waals surface area (Å²) in [5.74, 6) is 0.753. The van der Waals surface area contributed by atoms with Gasteiger partial charge in [-0.3, -0.25) is 0 Å². The highest BCUT2D eigenvalue weighted by molar-refractivity contribution is 4.69. The zero-order chi connectivity index (χ0) is 8.10. The minimum absolute atomic E-state index is 0.128. The fraction of sp³-hybridized carbons (Fsp3) is 1.00. The van der Waals surface area contributed by atoms with E-state index in [1.807, 2.05) is 0 Å². The van der Waals surface area contributed by atoms with Crippen LogP contribution in [0, 0.1) is 5.92 Å². The van der Waals surface area contributed by atoms with E-state index in [-0.39, 0.29) is 12.7 Å². The van der Waals surface area contributed by atoms with Crippen LogP contribution in [0.25, 0.3) is 0 Å². The predicted molar refractivity (Wildman–Crippen MR) is 44.5 cm³/mol. The fourth-order valence-corrected chi connectivity index (χ4v) is 1.64. The lowest BCUT2D eigenvalue weighted by molar-refractivity contribution is -0.0441. The van der Waals surface area contributed by atoms with Crippen molar-refractivity contribution in [3.8, 4) is 0 Å². The minimum Gasteiger partial charge on any atom is -0.394 e. The summed E-state index contributed by atoms with van der Waals surface area (Å²) in [6.45, 7) is 3.26. The van der Waals surface area contributed by atoms with Crippen LogP contribution in [0.1, 0.15) is 32.6 Å². The summed E-state index contributed by atoms with van der Waals surface area (Å²) in [7, 11) is 0. The van der Waals surface area contributed by atoms with Crippen LogP contribution in [0.5, 0.6) is 0 Å². The van der Waals surface area contributed by atoms with E-state index in [0.717, 1.165) is 18.9 Å². The van der Waals surface area contributed by atoms with Crippen molar-refractivity contribution in [2.75, 3.05) is 13.2 Å². The summed E-state index contributed by atoms with van der Waals surface area (Å²) in [5, 5.41) is 8.78. The van der Waals surface area contributed by atoms with Gasteiger partial charge in [0.25, 0.3) is 0 Å². The average Bonchev–Trinajstić information content (AvgIpc) is 2.07. The standard InChI is InChI=1S/C9H18O2/c1-2-3-8-4-5-9(6-10)11-7-8/h8-10H,2-7H2,1H3. The van der Waals surface area contributed by atoms with Crippen LogP contribution in [-0.2, 0) is 4.74 Å². The van der Waals surface area contributed by atoms with Crippen LogP contribution in [0.3, 0.4) is 0 Å². The third-order valence-corrected chi connectivity index (χ3v) is 2.37. The van der Waals surface area contributed by atoms with Gasteiger partial charge in [0.15, 0.2) is 0 Å². The first-order valence-corrected chi connectivity index (χ1v) is 4.59. The zero-order valence-electron chi connectivity index (χ0n) is 7.25. The number of aliphatic hydroxyl groups excluding tert-OH is 1. The maximum absolute atomic E-state index is 8.78. The molecule has 2 heteroatoms. The van der Waals surface area contributed by atoms with E-state index in [0.29, 0.717) is 0 Å². The van der Waals surface area contributed by atoms with Gasteiger partial charge in [-0.15, -0.1) is 0 Å². The molecule has 0 aromatic rings. The highest BCUT2D eigenvalue weighted by atomic mass is 16.5. The van der Waals surface area contributed by atoms with Gasteiger partial charge in [0.1, 0.15) is 0 Å². The molecule has 1 aliphatic heterocycles. The van der Waals surface area contributed by atoms with E-state index in [9.17, 15) is 0 Å². The largest absolute Gasteiger partial charge is 0.394 e. The smallest absolute Gasteiger partial charge is 0.0806 e. The lowest BCUT2D eigenvalue weighted by atomic mass is 9.95. The van der Waals surface area contributed by atoms with Crippen LogP contribution in [0.4, 0.5) is 0 Å². The molecule has 11 heavy (non-hydrogen) atoms. The molecule has 66 valence electrons. The Hall–Kier alpha value is -0.0800. The number of ether oxygens (including phenoxy) is 1. The lowest BCUT2D eigenvalue weighted by Gasteiger charge is -2.27. The summed E-state index contributed by atoms with van der Waals surface area (Å²) < 4.78 is 5.44. The molecule has 0 amide bonds. The number of rotatable bonds is 3. The van der Waals surface area contributed by atoms with Gasteiger partial charge in [-0.05, 0) is 25.2 Å². The molecule has 0 aromatic carbocycles. The van der Waals surface area contributed by atoms with Gasteiger partial charge < -0.3 is 9.84 Å². The monoisotopic (exact) mass is 158 g/mol. The van der Waals surface area contributed by atoms with E-state index < -0.39 is 0 Å². The molecule has 1 heterocycles. The van der Waals surface area contributed by atoms with E-state index in [4.69, 9.17) is 9.84 Å². The van der Waals surface area contributed by atoms with E-state index in [1.54, 1.807) is 0 Å². The van der Waals surface area contributed by atoms with Gasteiger partial charge >= 0.3 is 0 Å². The Labute approximate surface area is 68.6 Å². The summed E-state index contributed by atoms with van der Waals surface area (Å²) in [4.78, 5) is 0. The Morgan fingerprint density at radius 1 is 1.45 bits per heavy atom. The molecule has 1 N–H and O–H groups in total. The third kappa shape index (κ3) is 2.80. The third-order valence-electron chi connectivity index (χ3n) is 2.37. The van der Waals surface area contributed by atoms with Crippen molar-refractivity contribution in [2.24, 2.45) is 5.92 Å². The normalized spacial score (nSPS) is 32.2. The molecule has 2 nitrogen and oxygen atoms in total. The molecule has 1 rings (SSSR count). The lowest BCUT2D eigenvalue weighted by Crippen LogP contribution is -2.28. The second-order valence-electron chi connectivity index (χ2n) is 3.37. The second kappa shape index (κ2) is 4.73. The molecule has 0 radical (unpaired) electrons. The molecule has 1 fully saturated rings. The van der Waals surface area contributed by atoms with Crippen molar-refractivity contribution in [2.45, 2.75) is 38.7 Å². The summed E-state index contributed by atoms with van der Waals surface area (Å²) in [5.41, 5.74) is 0. The van der Waals surface area contributed by atoms with Gasteiger partial charge in [0.05, 0.1) is 12.7 Å². The van der Waals surface area contributed by atoms with Crippen molar-refractivity contribution in [3.05, 3.63) is 0 Å². The van der Waals surface area contributed by atoms with E-state index >= 15 is 0 Å². The maximum atomic E-state index is 8.78. The van der Waals surface area contributed by atoms with Gasteiger partial charge in [0.2, 0.25) is 0 Å². The maximum Gasteiger partial charge on any atom is 0.0806 e. The molecule has 0 bridgehead atoms. The van der Waals surface area contributed by atoms with Crippen LogP contribution in [-0.4, -0.2) is 24.4 Å². The predicted octanol–water partition coefficient (Wildman–Crippen LogP) is 1.57. The SMILES string of the molecule is CCCC1CCC(CO)OC1. The molecular weight excluding hydrogens is 140 g/mol. The first-order valence-electron chi connectivity index (χ1n) is 4.59. The molecule has 0 aliphatic carbocycles. The Bertz CT molecular complexity index is 95.7. The molecule has 0 saturated carbocycles. The van der Waals surface area contributed by atoms with Crippen molar-refractivity contribution >= 4 is 0 Å². The number of hydrogen-bond donors (Lipinski definition) is 1. The fourth-order valence-electron chi connectivity index (χ4n) is 1.64. The van der Waals surface area contributed by atoms with E-state index in [1.165, 1.54) is 19.3 Å². The first-order chi connectivity index (χ1) is 5.36. The second-order valence-corrected chi connectivity index (χ2v) is 3.37. The Kier molecular flexibility index (Phi) is 3.87. The quantitative estimate of drug-likeness (QED) is 0.675. The van der Waals surface area contributed by atoms with Crippen LogP contribution in [0.2, 0.25) is 0 Å². The molecule has 0 aromatic heterocycles. The number of hydrogen-bond acceptors (Lipinski definition) is 2. The minimum atomic E-state index is 0.128. The van der Waals surface area contributed by atoms with Crippen LogP contribution in [0.15, 0.2) is 0 Å². The van der Waals surface area contributed by atoms with Gasteiger partial charge in [-0.25, -0.2) is 0 Å². The summed E-state index contributed by atoms with van der Waals surface area (Å²) >= 11 is 0. The molecule has 2 atom stereocenters. The highest BCUT2D eigenvalue weighted by Gasteiger charge is 2.19. The van der Waals surface area contributed by atoms with E-state index in [2.05, 4.69) is 6.92 Å². The Morgan fingerprint density at radius 3 is 2.73 bits per heavy atom. The van der Waals surface area contributed by atoms with Crippen molar-refractivity contribution in [3.63, 3.8) is 0 Å². The highest BCUT2D eigenvalue weighted by Crippen LogP contribution is 2.22. The Morgan fingerprint density at radius 2 is 2.27 bits per heavy atom. The van der Waals surface area contributed by atoms with Gasteiger partial charge in [0, 0.05) is 6.61 Å². The zero-order valence-corrected chi connectivity index (χ0v) is 7.25. The number of aliphatic hydroxyl groups is 1. The van der Waals surface area contributed by atoms with Crippen LogP contribution < -0.4 is 0 Å². The molecular formula is C9H18O2. The summed E-state index contributed by atoms with van der Waals surface area (Å²) in [6.07, 6.45) is 4.93. The average molecular weight is 158 g/mol. The molecule has 1 saturated heterocycles.